The first-order valence-electron chi connectivity index (χ1n) is 3.31. The number of aliphatic hydroxyl groups excluding tert-OH is 2. The van der Waals surface area contributed by atoms with Crippen molar-refractivity contribution in [2.45, 2.75) is 0 Å². The van der Waals surface area contributed by atoms with E-state index in [1.165, 1.54) is 0 Å². The van der Waals surface area contributed by atoms with Gasteiger partial charge < -0.3 is 19.9 Å². The molecule has 15 heavy (non-hydrogen) atoms. The third kappa shape index (κ3) is 32.1. The fraction of sp³-hybridized carbons (Fsp3) is 1.00. The molecule has 0 aromatic heterocycles. The molecule has 0 aromatic rings. The molecule has 11 heteroatoms. The summed E-state index contributed by atoms with van der Waals surface area (Å²) in [5.41, 5.74) is 0. The molecule has 2 N–H and O–H groups in total. The molecule has 0 saturated heterocycles. The predicted molar refractivity (Wildman–Crippen MR) is 40.1 cm³/mol. The minimum absolute atomic E-state index is 0. The van der Waals surface area contributed by atoms with Gasteiger partial charge in [-0.1, -0.05) is 0 Å². The fourth-order valence-electron chi connectivity index (χ4n) is 0.224. The second kappa shape index (κ2) is 15.5. The molecule has 0 bridgehead atoms. The number of aliphatic hydroxyl groups is 2. The van der Waals surface area contributed by atoms with Crippen LogP contribution in [-0.2, 0) is 32.1 Å². The summed E-state index contributed by atoms with van der Waals surface area (Å²) in [5, 5.41) is 31.9. The minimum atomic E-state index is -1.05. The van der Waals surface area contributed by atoms with E-state index in [1.807, 2.05) is 0 Å². The van der Waals surface area contributed by atoms with Gasteiger partial charge in [-0.2, -0.15) is 0 Å². The Morgan fingerprint density at radius 1 is 0.933 bits per heavy atom. The largest absolute Gasteiger partial charge is 1.00 e. The average Bonchev–Trinajstić information content (AvgIpc) is 2.12. The van der Waals surface area contributed by atoms with Crippen LogP contribution in [0.5, 0.6) is 0 Å². The first kappa shape index (κ1) is 19.6. The molecule has 0 spiro atoms. The molecular weight excluding hydrogens is 312 g/mol. The van der Waals surface area contributed by atoms with E-state index in [4.69, 9.17) is 10.2 Å². The van der Waals surface area contributed by atoms with Crippen LogP contribution in [0.3, 0.4) is 0 Å². The van der Waals surface area contributed by atoms with Crippen molar-refractivity contribution >= 4 is 0 Å². The van der Waals surface area contributed by atoms with E-state index < -0.39 is 23.4 Å². The van der Waals surface area contributed by atoms with Crippen molar-refractivity contribution in [1.82, 2.24) is 0 Å². The van der Waals surface area contributed by atoms with Crippen LogP contribution >= 0.6 is 0 Å². The summed E-state index contributed by atoms with van der Waals surface area (Å²) in [6, 6.07) is 0. The van der Waals surface area contributed by atoms with Crippen LogP contribution in [-0.4, -0.2) is 46.8 Å². The number of rotatable bonds is 6. The van der Waals surface area contributed by atoms with Crippen LogP contribution in [0.1, 0.15) is 0 Å². The molecule has 0 aliphatic heterocycles. The Kier molecular flexibility index (Phi) is 20.3. The molecule has 10 nitrogen and oxygen atoms in total. The Bertz CT molecular complexity index is 149. The van der Waals surface area contributed by atoms with Gasteiger partial charge in [-0.05, 0) is 0 Å². The quantitative estimate of drug-likeness (QED) is 0.257. The zero-order valence-corrected chi connectivity index (χ0v) is 8.85. The summed E-state index contributed by atoms with van der Waals surface area (Å²) >= 11 is 0. The molecule has 0 amide bonds. The van der Waals surface area contributed by atoms with Crippen molar-refractivity contribution in [1.29, 1.82) is 0 Å². The van der Waals surface area contributed by atoms with Crippen molar-refractivity contribution in [2.24, 2.45) is 0 Å². The zero-order valence-electron chi connectivity index (χ0n) is 7.37. The molecule has 0 fully saturated rings. The van der Waals surface area contributed by atoms with E-state index in [-0.39, 0.29) is 35.6 Å². The van der Waals surface area contributed by atoms with Gasteiger partial charge >= 0.3 is 22.4 Å². The zero-order chi connectivity index (χ0) is 11.4. The van der Waals surface area contributed by atoms with Crippen LogP contribution < -0.4 is 0 Å². The first-order valence-corrected chi connectivity index (χ1v) is 3.31. The number of nitrogens with zero attached hydrogens (tertiary/aromatic N) is 2. The maximum atomic E-state index is 9.40. The second-order valence-corrected chi connectivity index (χ2v) is 1.56. The second-order valence-electron chi connectivity index (χ2n) is 1.56. The Balaban J connectivity index is -0.000000249. The Morgan fingerprint density at radius 3 is 1.33 bits per heavy atom. The van der Waals surface area contributed by atoms with Crippen molar-refractivity contribution in [3.05, 3.63) is 20.2 Å². The van der Waals surface area contributed by atoms with Crippen molar-refractivity contribution in [2.75, 3.05) is 26.4 Å². The van der Waals surface area contributed by atoms with Crippen molar-refractivity contribution < 1.29 is 52.4 Å². The molecule has 0 aliphatic rings. The van der Waals surface area contributed by atoms with E-state index in [0.717, 1.165) is 0 Å². The Morgan fingerprint density at radius 2 is 1.20 bits per heavy atom. The standard InChI is InChI=1S/C2H4N2O6.C2H6O2.Ag/c5-3(6)9-1-2-10-4(7)8;3-1-2-4;/h1-2H2;3-4H,1-2H2;/q;;+1. The van der Waals surface area contributed by atoms with Gasteiger partial charge in [0, 0.05) is 0 Å². The molecule has 0 saturated carbocycles. The summed E-state index contributed by atoms with van der Waals surface area (Å²) in [6.45, 7) is -1.12. The first-order chi connectivity index (χ1) is 6.54. The van der Waals surface area contributed by atoms with E-state index in [2.05, 4.69) is 9.68 Å². The van der Waals surface area contributed by atoms with Gasteiger partial charge in [0.25, 0.3) is 10.2 Å². The topological polar surface area (TPSA) is 145 Å². The Labute approximate surface area is 99.5 Å². The van der Waals surface area contributed by atoms with E-state index in [0.29, 0.717) is 0 Å². The van der Waals surface area contributed by atoms with Gasteiger partial charge in [-0.15, -0.1) is 20.2 Å². The third-order valence-corrected chi connectivity index (χ3v) is 0.577. The summed E-state index contributed by atoms with van der Waals surface area (Å²) in [5.74, 6) is 0. The maximum absolute atomic E-state index is 9.40. The van der Waals surface area contributed by atoms with Gasteiger partial charge in [-0.25, -0.2) is 0 Å². The smallest absolute Gasteiger partial charge is 0.394 e. The van der Waals surface area contributed by atoms with Gasteiger partial charge in [0.1, 0.15) is 13.2 Å². The molecule has 0 rings (SSSR count). The molecule has 0 aliphatic carbocycles. The summed E-state index contributed by atoms with van der Waals surface area (Å²) in [4.78, 5) is 26.2. The molecular formula is C4H10AgN2O8+. The van der Waals surface area contributed by atoms with Gasteiger partial charge in [0.05, 0.1) is 13.2 Å². The van der Waals surface area contributed by atoms with Crippen LogP contribution in [0.25, 0.3) is 0 Å². The van der Waals surface area contributed by atoms with Crippen molar-refractivity contribution in [3.8, 4) is 0 Å². The van der Waals surface area contributed by atoms with E-state index in [1.54, 1.807) is 0 Å². The molecule has 0 atom stereocenters. The summed E-state index contributed by atoms with van der Waals surface area (Å²) in [6.07, 6.45) is 0. The monoisotopic (exact) mass is 321 g/mol. The third-order valence-electron chi connectivity index (χ3n) is 0.577. The van der Waals surface area contributed by atoms with Gasteiger partial charge in [0.15, 0.2) is 0 Å². The SMILES string of the molecule is O=[N+]([O-])OCCO[N+](=O)[O-].OCCO.[Ag+]. The Hall–Kier alpha value is -0.940. The van der Waals surface area contributed by atoms with Gasteiger partial charge in [0.2, 0.25) is 0 Å². The van der Waals surface area contributed by atoms with E-state index in [9.17, 15) is 20.2 Å². The molecule has 0 heterocycles. The summed E-state index contributed by atoms with van der Waals surface area (Å²) in [7, 11) is 0. The van der Waals surface area contributed by atoms with Gasteiger partial charge in [-0.3, -0.25) is 0 Å². The van der Waals surface area contributed by atoms with Crippen LogP contribution in [0.2, 0.25) is 0 Å². The molecule has 94 valence electrons. The van der Waals surface area contributed by atoms with E-state index >= 15 is 0 Å². The minimum Gasteiger partial charge on any atom is -0.394 e. The molecule has 0 radical (unpaired) electrons. The number of hydrogen-bond donors (Lipinski definition) is 2. The average molecular weight is 322 g/mol. The normalized spacial score (nSPS) is 7.60. The van der Waals surface area contributed by atoms with Crippen LogP contribution in [0.15, 0.2) is 0 Å². The fourth-order valence-corrected chi connectivity index (χ4v) is 0.224. The predicted octanol–water partition coefficient (Wildman–Crippen LogP) is -1.63. The van der Waals surface area contributed by atoms with Crippen molar-refractivity contribution in [3.63, 3.8) is 0 Å². The summed E-state index contributed by atoms with van der Waals surface area (Å²) < 4.78 is 0. The number of hydrogen-bond acceptors (Lipinski definition) is 8. The van der Waals surface area contributed by atoms with Crippen LogP contribution in [0.4, 0.5) is 0 Å². The van der Waals surface area contributed by atoms with Crippen LogP contribution in [0, 0.1) is 20.2 Å². The molecule has 0 unspecified atom stereocenters. The molecule has 0 aromatic carbocycles. The maximum Gasteiger partial charge on any atom is 1.00 e.